The first-order valence-electron chi connectivity index (χ1n) is 9.81. The second-order valence-corrected chi connectivity index (χ2v) is 7.34. The third-order valence-electron chi connectivity index (χ3n) is 5.09. The van der Waals surface area contributed by atoms with Crippen LogP contribution in [0.3, 0.4) is 0 Å². The molecule has 1 saturated heterocycles. The van der Waals surface area contributed by atoms with Gasteiger partial charge in [0.05, 0.1) is 0 Å². The summed E-state index contributed by atoms with van der Waals surface area (Å²) in [6.07, 6.45) is 3.20. The maximum absolute atomic E-state index is 14.2. The van der Waals surface area contributed by atoms with E-state index >= 15 is 0 Å². The molecule has 4 rings (SSSR count). The highest BCUT2D eigenvalue weighted by Gasteiger charge is 2.26. The number of piperidine rings is 1. The van der Waals surface area contributed by atoms with Crippen LogP contribution in [0.25, 0.3) is 12.2 Å². The van der Waals surface area contributed by atoms with Crippen molar-refractivity contribution in [1.82, 2.24) is 4.90 Å². The van der Waals surface area contributed by atoms with Crippen molar-refractivity contribution < 1.29 is 13.6 Å². The Labute approximate surface area is 174 Å². The monoisotopic (exact) mass is 401 g/mol. The molecule has 0 unspecified atom stereocenters. The number of hydrogen-bond acceptors (Lipinski definition) is 2. The van der Waals surface area contributed by atoms with Gasteiger partial charge in [-0.2, -0.15) is 0 Å². The molecule has 0 bridgehead atoms. The van der Waals surface area contributed by atoms with Crippen LogP contribution in [0, 0.1) is 11.6 Å². The highest BCUT2D eigenvalue weighted by molar-refractivity contribution is 6.14. The summed E-state index contributed by atoms with van der Waals surface area (Å²) in [5, 5.41) is 0. The molecule has 1 aliphatic rings. The van der Waals surface area contributed by atoms with E-state index in [-0.39, 0.29) is 17.4 Å². The number of Topliss-reactive ketones (excluding diaryl/α,β-unsaturated/α-hetero) is 1. The summed E-state index contributed by atoms with van der Waals surface area (Å²) in [5.74, 6) is -0.930. The van der Waals surface area contributed by atoms with Crippen LogP contribution in [0.5, 0.6) is 0 Å². The Bertz CT molecular complexity index is 1050. The Morgan fingerprint density at radius 1 is 0.700 bits per heavy atom. The lowest BCUT2D eigenvalue weighted by Crippen LogP contribution is -2.37. The Kier molecular flexibility index (Phi) is 5.96. The van der Waals surface area contributed by atoms with Gasteiger partial charge in [0.1, 0.15) is 11.6 Å². The van der Waals surface area contributed by atoms with Gasteiger partial charge in [-0.15, -0.1) is 0 Å². The van der Waals surface area contributed by atoms with Crippen molar-refractivity contribution in [3.05, 3.63) is 118 Å². The summed E-state index contributed by atoms with van der Waals surface area (Å²) in [6.45, 7) is 1.44. The number of benzene rings is 3. The lowest BCUT2D eigenvalue weighted by Gasteiger charge is -2.30. The number of rotatable bonds is 4. The van der Waals surface area contributed by atoms with E-state index in [1.165, 1.54) is 12.1 Å². The summed E-state index contributed by atoms with van der Waals surface area (Å²) < 4.78 is 28.4. The van der Waals surface area contributed by atoms with Gasteiger partial charge in [-0.1, -0.05) is 66.7 Å². The molecule has 0 spiro atoms. The second-order valence-electron chi connectivity index (χ2n) is 7.34. The predicted molar refractivity (Wildman–Crippen MR) is 115 cm³/mol. The molecular formula is C26H21F2NO. The SMILES string of the molecule is O=C1/C(=C/c2ccccc2F)CN(Cc2ccccc2)C/C1=C\c1ccccc1F. The Hall–Kier alpha value is -3.37. The van der Waals surface area contributed by atoms with Crippen molar-refractivity contribution in [1.29, 1.82) is 0 Å². The molecule has 150 valence electrons. The summed E-state index contributed by atoms with van der Waals surface area (Å²) in [7, 11) is 0. The fraction of sp³-hybridized carbons (Fsp3) is 0.115. The molecule has 0 N–H and O–H groups in total. The smallest absolute Gasteiger partial charge is 0.187 e. The first kappa shape index (κ1) is 19.9. The molecule has 3 aromatic carbocycles. The molecule has 2 nitrogen and oxygen atoms in total. The molecule has 0 aromatic heterocycles. The van der Waals surface area contributed by atoms with E-state index in [4.69, 9.17) is 0 Å². The first-order valence-corrected chi connectivity index (χ1v) is 9.81. The number of halogens is 2. The van der Waals surface area contributed by atoms with Crippen LogP contribution in [0.2, 0.25) is 0 Å². The zero-order valence-electron chi connectivity index (χ0n) is 16.4. The van der Waals surface area contributed by atoms with E-state index in [9.17, 15) is 13.6 Å². The molecule has 0 saturated carbocycles. The van der Waals surface area contributed by atoms with Crippen LogP contribution in [-0.2, 0) is 11.3 Å². The van der Waals surface area contributed by atoms with Gasteiger partial charge < -0.3 is 0 Å². The topological polar surface area (TPSA) is 20.3 Å². The van der Waals surface area contributed by atoms with Gasteiger partial charge in [0.2, 0.25) is 0 Å². The number of hydrogen-bond donors (Lipinski definition) is 0. The molecule has 0 aliphatic carbocycles. The third-order valence-corrected chi connectivity index (χ3v) is 5.09. The standard InChI is InChI=1S/C26H21F2NO/c27-24-12-6-4-10-20(24)14-22-17-29(16-19-8-2-1-3-9-19)18-23(26(22)30)15-21-11-5-7-13-25(21)28/h1-15H,16-18H2/b22-14+,23-15+. The van der Waals surface area contributed by atoms with Crippen molar-refractivity contribution >= 4 is 17.9 Å². The minimum Gasteiger partial charge on any atom is -0.290 e. The van der Waals surface area contributed by atoms with Gasteiger partial charge in [0.15, 0.2) is 5.78 Å². The summed E-state index contributed by atoms with van der Waals surface area (Å²) in [4.78, 5) is 15.3. The van der Waals surface area contributed by atoms with Crippen molar-refractivity contribution in [2.75, 3.05) is 13.1 Å². The molecule has 1 heterocycles. The number of likely N-dealkylation sites (tertiary alicyclic amines) is 1. The molecular weight excluding hydrogens is 380 g/mol. The van der Waals surface area contributed by atoms with Gasteiger partial charge in [-0.05, 0) is 29.8 Å². The molecule has 1 fully saturated rings. The van der Waals surface area contributed by atoms with Gasteiger partial charge in [0, 0.05) is 41.9 Å². The Morgan fingerprint density at radius 3 is 1.67 bits per heavy atom. The minimum absolute atomic E-state index is 0.175. The average molecular weight is 401 g/mol. The van der Waals surface area contributed by atoms with Crippen LogP contribution in [0.15, 0.2) is 90.0 Å². The van der Waals surface area contributed by atoms with Gasteiger partial charge in [-0.25, -0.2) is 8.78 Å². The normalized spacial score (nSPS) is 17.6. The van der Waals surface area contributed by atoms with Crippen molar-refractivity contribution in [3.8, 4) is 0 Å². The fourth-order valence-electron chi connectivity index (χ4n) is 3.62. The minimum atomic E-state index is -0.377. The van der Waals surface area contributed by atoms with Crippen LogP contribution >= 0.6 is 0 Å². The maximum atomic E-state index is 14.2. The zero-order chi connectivity index (χ0) is 20.9. The highest BCUT2D eigenvalue weighted by atomic mass is 19.1. The third kappa shape index (κ3) is 4.61. The predicted octanol–water partition coefficient (Wildman–Crippen LogP) is 5.52. The van der Waals surface area contributed by atoms with E-state index in [1.54, 1.807) is 48.6 Å². The average Bonchev–Trinajstić information content (AvgIpc) is 2.75. The van der Waals surface area contributed by atoms with E-state index in [1.807, 2.05) is 30.3 Å². The van der Waals surface area contributed by atoms with Crippen LogP contribution in [-0.4, -0.2) is 23.8 Å². The largest absolute Gasteiger partial charge is 0.290 e. The van der Waals surface area contributed by atoms with Gasteiger partial charge >= 0.3 is 0 Å². The lowest BCUT2D eigenvalue weighted by molar-refractivity contribution is -0.113. The van der Waals surface area contributed by atoms with E-state index in [2.05, 4.69) is 4.90 Å². The lowest BCUT2D eigenvalue weighted by atomic mass is 9.93. The van der Waals surface area contributed by atoms with Crippen molar-refractivity contribution in [3.63, 3.8) is 0 Å². The molecule has 0 atom stereocenters. The Balaban J connectivity index is 1.71. The van der Waals surface area contributed by atoms with E-state index < -0.39 is 0 Å². The quantitative estimate of drug-likeness (QED) is 0.537. The number of nitrogens with zero attached hydrogens (tertiary/aromatic N) is 1. The molecule has 0 radical (unpaired) electrons. The molecule has 3 aromatic rings. The summed E-state index contributed by atoms with van der Waals surface area (Å²) in [6, 6.07) is 22.7. The summed E-state index contributed by atoms with van der Waals surface area (Å²) in [5.41, 5.74) is 2.83. The molecule has 30 heavy (non-hydrogen) atoms. The summed E-state index contributed by atoms with van der Waals surface area (Å²) >= 11 is 0. The molecule has 1 aliphatic heterocycles. The van der Waals surface area contributed by atoms with Crippen LogP contribution in [0.1, 0.15) is 16.7 Å². The fourth-order valence-corrected chi connectivity index (χ4v) is 3.62. The maximum Gasteiger partial charge on any atom is 0.187 e. The molecule has 0 amide bonds. The highest BCUT2D eigenvalue weighted by Crippen LogP contribution is 2.25. The van der Waals surface area contributed by atoms with Crippen molar-refractivity contribution in [2.45, 2.75) is 6.54 Å². The first-order chi connectivity index (χ1) is 14.6. The molecule has 4 heteroatoms. The van der Waals surface area contributed by atoms with Gasteiger partial charge in [0.25, 0.3) is 0 Å². The number of carbonyl (C=O) groups excluding carboxylic acids is 1. The zero-order valence-corrected chi connectivity index (χ0v) is 16.4. The van der Waals surface area contributed by atoms with Gasteiger partial charge in [-0.3, -0.25) is 9.69 Å². The van der Waals surface area contributed by atoms with E-state index in [0.29, 0.717) is 41.9 Å². The number of ketones is 1. The van der Waals surface area contributed by atoms with Crippen LogP contribution in [0.4, 0.5) is 8.78 Å². The number of carbonyl (C=O) groups is 1. The second kappa shape index (κ2) is 8.97. The van der Waals surface area contributed by atoms with E-state index in [0.717, 1.165) is 5.56 Å². The van der Waals surface area contributed by atoms with Crippen LogP contribution < -0.4 is 0 Å². The Morgan fingerprint density at radius 2 is 1.17 bits per heavy atom. The van der Waals surface area contributed by atoms with Crippen molar-refractivity contribution in [2.24, 2.45) is 0 Å².